The molecule has 76 valence electrons. The maximum Gasteiger partial charge on any atom is 0.332 e. The van der Waals surface area contributed by atoms with Gasteiger partial charge in [-0.2, -0.15) is 0 Å². The highest BCUT2D eigenvalue weighted by Crippen LogP contribution is 1.93. The molecule has 5 nitrogen and oxygen atoms in total. The number of hydrogen-bond acceptors (Lipinski definition) is 4. The van der Waals surface area contributed by atoms with Crippen molar-refractivity contribution in [2.24, 2.45) is 0 Å². The summed E-state index contributed by atoms with van der Waals surface area (Å²) in [5.41, 5.74) is -0.500. The summed E-state index contributed by atoms with van der Waals surface area (Å²) < 4.78 is 0. The van der Waals surface area contributed by atoms with Crippen LogP contribution in [0.1, 0.15) is 27.7 Å². The summed E-state index contributed by atoms with van der Waals surface area (Å²) in [4.78, 5) is 9.45. The predicted molar refractivity (Wildman–Crippen MR) is 46.3 cm³/mol. The Labute approximate surface area is 72.6 Å². The van der Waals surface area contributed by atoms with Crippen molar-refractivity contribution in [3.8, 4) is 0 Å². The van der Waals surface area contributed by atoms with E-state index in [2.05, 4.69) is 0 Å². The van der Waals surface area contributed by atoms with Crippen molar-refractivity contribution >= 4 is 5.97 Å². The van der Waals surface area contributed by atoms with Gasteiger partial charge in [0, 0.05) is 0 Å². The molecule has 0 saturated carbocycles. The van der Waals surface area contributed by atoms with Crippen LogP contribution < -0.4 is 6.15 Å². The van der Waals surface area contributed by atoms with Crippen LogP contribution in [-0.2, 0) is 4.79 Å². The number of carboxylic acid groups (broad SMARTS) is 1. The number of aliphatic hydroxyl groups excluding tert-OH is 1. The van der Waals surface area contributed by atoms with E-state index in [1.54, 1.807) is 20.8 Å². The van der Waals surface area contributed by atoms with Gasteiger partial charge in [-0.3, -0.25) is 0 Å². The van der Waals surface area contributed by atoms with Crippen molar-refractivity contribution < 1.29 is 20.1 Å². The molecule has 1 unspecified atom stereocenters. The van der Waals surface area contributed by atoms with Crippen LogP contribution in [-0.4, -0.2) is 33.0 Å². The quantitative estimate of drug-likeness (QED) is 0.467. The number of aliphatic carboxylic acids is 1. The second-order valence-electron chi connectivity index (χ2n) is 3.19. The minimum atomic E-state index is -1.23. The van der Waals surface area contributed by atoms with E-state index < -0.39 is 17.7 Å². The van der Waals surface area contributed by atoms with Crippen molar-refractivity contribution in [3.05, 3.63) is 0 Å². The van der Waals surface area contributed by atoms with E-state index >= 15 is 0 Å². The standard InChI is InChI=1S/C4H10O.C3H6O3.H3N/c1-4(2,3)5;1-2(4)3(5)6;/h5H,1-3H3;2,4H,1H3,(H,5,6);1H3. The molecule has 0 aliphatic rings. The molecule has 0 aromatic heterocycles. The molecule has 0 aromatic rings. The first-order valence-electron chi connectivity index (χ1n) is 3.28. The lowest BCUT2D eigenvalue weighted by molar-refractivity contribution is -0.145. The average Bonchev–Trinajstić information content (AvgIpc) is 1.59. The first-order chi connectivity index (χ1) is 4.64. The SMILES string of the molecule is CC(C)(C)O.CC(O)C(=O)O.N. The number of carbonyl (C=O) groups is 1. The van der Waals surface area contributed by atoms with E-state index in [0.29, 0.717) is 0 Å². The van der Waals surface area contributed by atoms with Crippen molar-refractivity contribution in [2.45, 2.75) is 39.4 Å². The van der Waals surface area contributed by atoms with E-state index in [-0.39, 0.29) is 6.15 Å². The fraction of sp³-hybridized carbons (Fsp3) is 0.857. The van der Waals surface area contributed by atoms with Gasteiger partial charge in [-0.15, -0.1) is 0 Å². The number of carboxylic acids is 1. The smallest absolute Gasteiger partial charge is 0.332 e. The number of rotatable bonds is 1. The van der Waals surface area contributed by atoms with Gasteiger partial charge in [0.1, 0.15) is 6.10 Å². The Balaban J connectivity index is -0.000000126. The molecule has 0 saturated heterocycles. The van der Waals surface area contributed by atoms with Crippen molar-refractivity contribution in [3.63, 3.8) is 0 Å². The van der Waals surface area contributed by atoms with Gasteiger partial charge < -0.3 is 21.5 Å². The fourth-order valence-electron chi connectivity index (χ4n) is 0. The lowest BCUT2D eigenvalue weighted by atomic mass is 10.2. The zero-order valence-electron chi connectivity index (χ0n) is 8.03. The molecule has 0 bridgehead atoms. The van der Waals surface area contributed by atoms with Crippen LogP contribution in [0, 0.1) is 0 Å². The van der Waals surface area contributed by atoms with Crippen molar-refractivity contribution in [2.75, 3.05) is 0 Å². The molecule has 0 spiro atoms. The van der Waals surface area contributed by atoms with Crippen molar-refractivity contribution in [1.82, 2.24) is 6.15 Å². The highest BCUT2D eigenvalue weighted by Gasteiger charge is 2.01. The molecule has 0 fully saturated rings. The van der Waals surface area contributed by atoms with Gasteiger partial charge in [0.25, 0.3) is 0 Å². The average molecular weight is 181 g/mol. The second-order valence-corrected chi connectivity index (χ2v) is 3.19. The van der Waals surface area contributed by atoms with Crippen LogP contribution in [0.4, 0.5) is 0 Å². The van der Waals surface area contributed by atoms with Gasteiger partial charge in [-0.05, 0) is 27.7 Å². The normalized spacial score (nSPS) is 11.8. The van der Waals surface area contributed by atoms with E-state index in [1.807, 2.05) is 0 Å². The summed E-state index contributed by atoms with van der Waals surface area (Å²) in [7, 11) is 0. The Bertz CT molecular complexity index is 111. The van der Waals surface area contributed by atoms with Crippen LogP contribution in [0.15, 0.2) is 0 Å². The summed E-state index contributed by atoms with van der Waals surface area (Å²) in [5.74, 6) is -1.19. The van der Waals surface area contributed by atoms with Crippen LogP contribution in [0.2, 0.25) is 0 Å². The Kier molecular flexibility index (Phi) is 10.2. The second kappa shape index (κ2) is 7.02. The molecular weight excluding hydrogens is 162 g/mol. The topological polar surface area (TPSA) is 113 Å². The van der Waals surface area contributed by atoms with Crippen LogP contribution >= 0.6 is 0 Å². The van der Waals surface area contributed by atoms with Gasteiger partial charge in [0.2, 0.25) is 0 Å². The molecule has 6 N–H and O–H groups in total. The summed E-state index contributed by atoms with van der Waals surface area (Å²) >= 11 is 0. The van der Waals surface area contributed by atoms with Gasteiger partial charge in [0.15, 0.2) is 0 Å². The molecule has 0 aliphatic heterocycles. The van der Waals surface area contributed by atoms with E-state index in [4.69, 9.17) is 15.3 Å². The number of aliphatic hydroxyl groups is 2. The molecule has 1 atom stereocenters. The maximum absolute atomic E-state index is 9.45. The predicted octanol–water partition coefficient (Wildman–Crippen LogP) is 0.391. The lowest BCUT2D eigenvalue weighted by Gasteiger charge is -2.04. The van der Waals surface area contributed by atoms with E-state index in [0.717, 1.165) is 0 Å². The summed E-state index contributed by atoms with van der Waals surface area (Å²) in [6.45, 7) is 6.43. The third kappa shape index (κ3) is 58.1. The Morgan fingerprint density at radius 3 is 1.42 bits per heavy atom. The Morgan fingerprint density at radius 2 is 1.42 bits per heavy atom. The fourth-order valence-corrected chi connectivity index (χ4v) is 0. The van der Waals surface area contributed by atoms with Gasteiger partial charge in [-0.1, -0.05) is 0 Å². The molecule has 0 rings (SSSR count). The minimum absolute atomic E-state index is 0. The summed E-state index contributed by atoms with van der Waals surface area (Å²) in [6, 6.07) is 0. The third-order valence-corrected chi connectivity index (χ3v) is 0.357. The zero-order valence-corrected chi connectivity index (χ0v) is 8.03. The first kappa shape index (κ1) is 17.4. The van der Waals surface area contributed by atoms with Gasteiger partial charge in [0.05, 0.1) is 5.60 Å². The summed E-state index contributed by atoms with van der Waals surface area (Å²) in [5, 5.41) is 24.3. The molecular formula is C7H19NO4. The minimum Gasteiger partial charge on any atom is -0.479 e. The molecule has 0 amide bonds. The van der Waals surface area contributed by atoms with Crippen LogP contribution in [0.3, 0.4) is 0 Å². The van der Waals surface area contributed by atoms with E-state index in [1.165, 1.54) is 6.92 Å². The monoisotopic (exact) mass is 181 g/mol. The van der Waals surface area contributed by atoms with Gasteiger partial charge >= 0.3 is 5.97 Å². The highest BCUT2D eigenvalue weighted by molar-refractivity contribution is 5.71. The third-order valence-electron chi connectivity index (χ3n) is 0.357. The molecule has 0 heterocycles. The van der Waals surface area contributed by atoms with Crippen LogP contribution in [0.25, 0.3) is 0 Å². The lowest BCUT2D eigenvalue weighted by Crippen LogP contribution is -2.13. The highest BCUT2D eigenvalue weighted by atomic mass is 16.4. The Hall–Kier alpha value is -0.650. The maximum atomic E-state index is 9.45. The molecule has 12 heavy (non-hydrogen) atoms. The Morgan fingerprint density at radius 1 is 1.33 bits per heavy atom. The first-order valence-corrected chi connectivity index (χ1v) is 3.28. The van der Waals surface area contributed by atoms with Gasteiger partial charge in [-0.25, -0.2) is 4.79 Å². The molecule has 0 aliphatic carbocycles. The van der Waals surface area contributed by atoms with Crippen molar-refractivity contribution in [1.29, 1.82) is 0 Å². The van der Waals surface area contributed by atoms with Crippen LogP contribution in [0.5, 0.6) is 0 Å². The molecule has 0 aromatic carbocycles. The van der Waals surface area contributed by atoms with E-state index in [9.17, 15) is 4.79 Å². The largest absolute Gasteiger partial charge is 0.479 e. The zero-order chi connectivity index (χ0) is 9.65. The molecule has 0 radical (unpaired) electrons. The summed E-state index contributed by atoms with van der Waals surface area (Å²) in [6.07, 6.45) is -1.23. The number of hydrogen-bond donors (Lipinski definition) is 4. The molecule has 5 heteroatoms.